The Morgan fingerprint density at radius 2 is 1.09 bits per heavy atom. The van der Waals surface area contributed by atoms with Crippen molar-refractivity contribution in [3.63, 3.8) is 0 Å². The highest BCUT2D eigenvalue weighted by molar-refractivity contribution is 6.23. The molecule has 0 aliphatic rings. The van der Waals surface area contributed by atoms with Gasteiger partial charge in [-0.25, -0.2) is 4.98 Å². The lowest BCUT2D eigenvalue weighted by Gasteiger charge is -2.13. The topological polar surface area (TPSA) is 31.0 Å². The number of pyridine rings is 1. The first-order valence-electron chi connectivity index (χ1n) is 14.9. The van der Waals surface area contributed by atoms with Gasteiger partial charge >= 0.3 is 0 Å². The SMILES string of the molecule is c1ccc(-c2cc(-c3ccccc3)nc(-c3cccc(-n4c5ccccc5c5c6oc7ccccc7c6ccc54)c3)c2)cc1. The first kappa shape index (κ1) is 24.6. The van der Waals surface area contributed by atoms with Gasteiger partial charge in [0.1, 0.15) is 11.2 Å². The highest BCUT2D eigenvalue weighted by atomic mass is 16.3. The zero-order chi connectivity index (χ0) is 29.0. The molecule has 0 spiro atoms. The molecule has 0 amide bonds. The van der Waals surface area contributed by atoms with E-state index in [0.717, 1.165) is 72.1 Å². The molecule has 0 saturated carbocycles. The molecule has 0 atom stereocenters. The fraction of sp³-hybridized carbons (Fsp3) is 0. The van der Waals surface area contributed by atoms with E-state index >= 15 is 0 Å². The van der Waals surface area contributed by atoms with E-state index in [1.165, 1.54) is 10.9 Å². The van der Waals surface area contributed by atoms with Crippen LogP contribution in [0.25, 0.3) is 83.1 Å². The number of hydrogen-bond acceptors (Lipinski definition) is 2. The number of para-hydroxylation sites is 2. The maximum Gasteiger partial charge on any atom is 0.145 e. The van der Waals surface area contributed by atoms with Crippen molar-refractivity contribution in [1.82, 2.24) is 9.55 Å². The number of aromatic nitrogens is 2. The largest absolute Gasteiger partial charge is 0.455 e. The van der Waals surface area contributed by atoms with Gasteiger partial charge in [0.05, 0.1) is 27.8 Å². The number of rotatable bonds is 4. The van der Waals surface area contributed by atoms with Gasteiger partial charge in [-0.2, -0.15) is 0 Å². The van der Waals surface area contributed by atoms with E-state index < -0.39 is 0 Å². The Morgan fingerprint density at radius 3 is 1.91 bits per heavy atom. The van der Waals surface area contributed by atoms with Gasteiger partial charge in [-0.3, -0.25) is 0 Å². The fourth-order valence-electron chi connectivity index (χ4n) is 6.55. The van der Waals surface area contributed by atoms with Gasteiger partial charge in [0.15, 0.2) is 0 Å². The lowest BCUT2D eigenvalue weighted by molar-refractivity contribution is 0.673. The molecule has 3 heteroatoms. The van der Waals surface area contributed by atoms with Crippen LogP contribution in [0.5, 0.6) is 0 Å². The maximum atomic E-state index is 6.50. The van der Waals surface area contributed by atoms with Crippen molar-refractivity contribution in [2.75, 3.05) is 0 Å². The summed E-state index contributed by atoms with van der Waals surface area (Å²) >= 11 is 0. The molecule has 206 valence electrons. The van der Waals surface area contributed by atoms with Crippen LogP contribution in [0.4, 0.5) is 0 Å². The van der Waals surface area contributed by atoms with Gasteiger partial charge < -0.3 is 8.98 Å². The van der Waals surface area contributed by atoms with Gasteiger partial charge in [0.2, 0.25) is 0 Å². The summed E-state index contributed by atoms with van der Waals surface area (Å²) in [6.45, 7) is 0. The monoisotopic (exact) mass is 562 g/mol. The minimum atomic E-state index is 0.910. The lowest BCUT2D eigenvalue weighted by atomic mass is 10.00. The Kier molecular flexibility index (Phi) is 5.50. The molecule has 0 N–H and O–H groups in total. The molecule has 3 aromatic heterocycles. The molecule has 0 saturated heterocycles. The van der Waals surface area contributed by atoms with Crippen molar-refractivity contribution in [2.45, 2.75) is 0 Å². The van der Waals surface area contributed by atoms with E-state index in [4.69, 9.17) is 9.40 Å². The molecule has 0 aliphatic carbocycles. The van der Waals surface area contributed by atoms with E-state index in [-0.39, 0.29) is 0 Å². The highest BCUT2D eigenvalue weighted by Gasteiger charge is 2.19. The molecule has 0 aliphatic heterocycles. The quantitative estimate of drug-likeness (QED) is 0.214. The normalized spacial score (nSPS) is 11.6. The average molecular weight is 563 g/mol. The second-order valence-electron chi connectivity index (χ2n) is 11.2. The van der Waals surface area contributed by atoms with E-state index in [1.54, 1.807) is 0 Å². The van der Waals surface area contributed by atoms with Crippen LogP contribution in [0.2, 0.25) is 0 Å². The van der Waals surface area contributed by atoms with Crippen LogP contribution in [-0.4, -0.2) is 9.55 Å². The van der Waals surface area contributed by atoms with Crippen LogP contribution >= 0.6 is 0 Å². The molecular formula is C41H26N2O. The van der Waals surface area contributed by atoms with E-state index in [9.17, 15) is 0 Å². The molecule has 0 fully saturated rings. The first-order valence-corrected chi connectivity index (χ1v) is 14.9. The van der Waals surface area contributed by atoms with Gasteiger partial charge in [0, 0.05) is 33.0 Å². The smallest absolute Gasteiger partial charge is 0.145 e. The summed E-state index contributed by atoms with van der Waals surface area (Å²) in [5.74, 6) is 0. The summed E-state index contributed by atoms with van der Waals surface area (Å²) in [6.07, 6.45) is 0. The number of furan rings is 1. The first-order chi connectivity index (χ1) is 21.8. The van der Waals surface area contributed by atoms with Crippen LogP contribution in [-0.2, 0) is 0 Å². The van der Waals surface area contributed by atoms with Gasteiger partial charge in [0.25, 0.3) is 0 Å². The summed E-state index contributed by atoms with van der Waals surface area (Å²) in [4.78, 5) is 5.19. The van der Waals surface area contributed by atoms with Crippen LogP contribution in [0, 0.1) is 0 Å². The van der Waals surface area contributed by atoms with Gasteiger partial charge in [-0.1, -0.05) is 109 Å². The highest BCUT2D eigenvalue weighted by Crippen LogP contribution is 2.41. The summed E-state index contributed by atoms with van der Waals surface area (Å²) in [5.41, 5.74) is 11.5. The fourth-order valence-corrected chi connectivity index (χ4v) is 6.55. The third kappa shape index (κ3) is 3.87. The minimum absolute atomic E-state index is 0.910. The summed E-state index contributed by atoms with van der Waals surface area (Å²) < 4.78 is 8.85. The van der Waals surface area contributed by atoms with Gasteiger partial charge in [-0.05, 0) is 59.7 Å². The van der Waals surface area contributed by atoms with Crippen LogP contribution in [0.15, 0.2) is 162 Å². The Morgan fingerprint density at radius 1 is 0.432 bits per heavy atom. The van der Waals surface area contributed by atoms with Crippen LogP contribution < -0.4 is 0 Å². The second-order valence-corrected chi connectivity index (χ2v) is 11.2. The van der Waals surface area contributed by atoms with Gasteiger partial charge in [-0.15, -0.1) is 0 Å². The van der Waals surface area contributed by atoms with Crippen molar-refractivity contribution >= 4 is 43.7 Å². The average Bonchev–Trinajstić information content (AvgIpc) is 3.65. The number of hydrogen-bond donors (Lipinski definition) is 0. The van der Waals surface area contributed by atoms with E-state index in [2.05, 4.69) is 144 Å². The van der Waals surface area contributed by atoms with Crippen molar-refractivity contribution in [1.29, 1.82) is 0 Å². The second kappa shape index (κ2) is 9.82. The standard InChI is InChI=1S/C41H26N2O/c1-3-12-27(13-4-1)30-25-35(28-14-5-2-6-15-28)42-36(26-30)29-16-11-17-31(24-29)43-37-20-9-7-19-34(37)40-38(43)23-22-33-32-18-8-10-21-39(32)44-41(33)40/h1-26H. The third-order valence-electron chi connectivity index (χ3n) is 8.58. The predicted octanol–water partition coefficient (Wildman–Crippen LogP) is 11.1. The van der Waals surface area contributed by atoms with E-state index in [1.807, 2.05) is 18.2 Å². The summed E-state index contributed by atoms with van der Waals surface area (Å²) in [6, 6.07) is 55.3. The molecule has 9 aromatic rings. The number of nitrogens with zero attached hydrogens (tertiary/aromatic N) is 2. The van der Waals surface area contributed by atoms with Crippen molar-refractivity contribution in [3.8, 4) is 39.3 Å². The van der Waals surface area contributed by atoms with Crippen molar-refractivity contribution < 1.29 is 4.42 Å². The Balaban J connectivity index is 1.27. The van der Waals surface area contributed by atoms with Crippen molar-refractivity contribution in [3.05, 3.63) is 158 Å². The maximum absolute atomic E-state index is 6.50. The molecular weight excluding hydrogens is 536 g/mol. The molecule has 0 bridgehead atoms. The predicted molar refractivity (Wildman–Crippen MR) is 182 cm³/mol. The molecule has 6 aromatic carbocycles. The third-order valence-corrected chi connectivity index (χ3v) is 8.58. The molecule has 44 heavy (non-hydrogen) atoms. The van der Waals surface area contributed by atoms with E-state index in [0.29, 0.717) is 0 Å². The van der Waals surface area contributed by atoms with Crippen LogP contribution in [0.1, 0.15) is 0 Å². The number of benzene rings is 6. The van der Waals surface area contributed by atoms with Crippen molar-refractivity contribution in [2.24, 2.45) is 0 Å². The molecule has 3 nitrogen and oxygen atoms in total. The zero-order valence-corrected chi connectivity index (χ0v) is 23.8. The Labute approximate surface area is 254 Å². The molecule has 9 rings (SSSR count). The molecule has 3 heterocycles. The lowest BCUT2D eigenvalue weighted by Crippen LogP contribution is -1.96. The van der Waals surface area contributed by atoms with Crippen LogP contribution in [0.3, 0.4) is 0 Å². The Bertz CT molecular complexity index is 2430. The minimum Gasteiger partial charge on any atom is -0.455 e. The Hall–Kier alpha value is -5.93. The summed E-state index contributed by atoms with van der Waals surface area (Å²) in [5, 5.41) is 4.59. The molecule has 0 radical (unpaired) electrons. The summed E-state index contributed by atoms with van der Waals surface area (Å²) in [7, 11) is 0. The number of fused-ring (bicyclic) bond motifs is 7. The zero-order valence-electron chi connectivity index (χ0n) is 23.8. The molecule has 0 unspecified atom stereocenters.